The maximum absolute atomic E-state index is 13.7. The molecule has 0 aliphatic carbocycles. The van der Waals surface area contributed by atoms with Gasteiger partial charge in [0.15, 0.2) is 0 Å². The largest absolute Gasteiger partial charge is 0.366 e. The van der Waals surface area contributed by atoms with Crippen LogP contribution in [0.3, 0.4) is 0 Å². The lowest BCUT2D eigenvalue weighted by Gasteiger charge is -2.12. The van der Waals surface area contributed by atoms with Crippen LogP contribution in [-0.2, 0) is 4.79 Å². The van der Waals surface area contributed by atoms with Crippen LogP contribution >= 0.6 is 0 Å². The minimum Gasteiger partial charge on any atom is -0.366 e. The number of carbonyl (C=O) groups is 2. The molecule has 0 heterocycles. The number of benzene rings is 1. The Labute approximate surface area is 123 Å². The molecule has 21 heavy (non-hydrogen) atoms. The maximum Gasteiger partial charge on any atom is 0.248 e. The van der Waals surface area contributed by atoms with Gasteiger partial charge in [-0.1, -0.05) is 6.92 Å². The average molecular weight is 295 g/mol. The van der Waals surface area contributed by atoms with Gasteiger partial charge in [-0.05, 0) is 44.4 Å². The van der Waals surface area contributed by atoms with Crippen LogP contribution in [0.1, 0.15) is 42.1 Å². The highest BCUT2D eigenvalue weighted by molar-refractivity contribution is 5.97. The quantitative estimate of drug-likeness (QED) is 0.717. The highest BCUT2D eigenvalue weighted by atomic mass is 19.1. The Balaban J connectivity index is 2.73. The van der Waals surface area contributed by atoms with Gasteiger partial charge in [-0.2, -0.15) is 0 Å². The van der Waals surface area contributed by atoms with Gasteiger partial charge in [-0.15, -0.1) is 0 Å². The third-order valence-electron chi connectivity index (χ3n) is 3.43. The lowest BCUT2D eigenvalue weighted by Crippen LogP contribution is -2.17. The van der Waals surface area contributed by atoms with Gasteiger partial charge in [-0.25, -0.2) is 4.39 Å². The van der Waals surface area contributed by atoms with Crippen molar-refractivity contribution in [3.05, 3.63) is 29.1 Å². The van der Waals surface area contributed by atoms with Gasteiger partial charge in [0.1, 0.15) is 5.82 Å². The molecule has 0 aliphatic heterocycles. The Hall–Kier alpha value is -1.95. The first-order valence-corrected chi connectivity index (χ1v) is 6.95. The summed E-state index contributed by atoms with van der Waals surface area (Å²) in [6, 6.07) is 2.46. The van der Waals surface area contributed by atoms with Crippen molar-refractivity contribution >= 4 is 17.5 Å². The minimum absolute atomic E-state index is 0.0323. The highest BCUT2D eigenvalue weighted by Gasteiger charge is 2.13. The van der Waals surface area contributed by atoms with Gasteiger partial charge in [0.25, 0.3) is 0 Å². The van der Waals surface area contributed by atoms with Gasteiger partial charge >= 0.3 is 0 Å². The molecule has 0 aromatic heterocycles. The lowest BCUT2D eigenvalue weighted by molar-refractivity contribution is -0.116. The van der Waals surface area contributed by atoms with Gasteiger partial charge in [-0.3, -0.25) is 9.59 Å². The van der Waals surface area contributed by atoms with E-state index < -0.39 is 11.7 Å². The van der Waals surface area contributed by atoms with Gasteiger partial charge in [0.05, 0.1) is 0 Å². The van der Waals surface area contributed by atoms with E-state index in [1.54, 1.807) is 0 Å². The standard InChI is InChI=1S/C15H22FN3O2/c1-9(5-6-17)3-4-14(20)19-13-8-11(15(18)21)7-12(16)10(13)2/h7-9H,3-6,17H2,1-2H3,(H2,18,21)(H,19,20). The van der Waals surface area contributed by atoms with Crippen LogP contribution in [0.2, 0.25) is 0 Å². The molecule has 116 valence electrons. The first-order chi connectivity index (χ1) is 9.85. The highest BCUT2D eigenvalue weighted by Crippen LogP contribution is 2.21. The summed E-state index contributed by atoms with van der Waals surface area (Å²) < 4.78 is 13.7. The Bertz CT molecular complexity index is 532. The summed E-state index contributed by atoms with van der Waals surface area (Å²) >= 11 is 0. The summed E-state index contributed by atoms with van der Waals surface area (Å²) in [5, 5.41) is 2.63. The van der Waals surface area contributed by atoms with E-state index in [1.807, 2.05) is 6.92 Å². The molecule has 5 nitrogen and oxygen atoms in total. The fourth-order valence-electron chi connectivity index (χ4n) is 1.97. The average Bonchev–Trinajstić information content (AvgIpc) is 2.41. The molecular weight excluding hydrogens is 273 g/mol. The van der Waals surface area contributed by atoms with Crippen molar-refractivity contribution in [2.24, 2.45) is 17.4 Å². The van der Waals surface area contributed by atoms with Crippen molar-refractivity contribution in [1.29, 1.82) is 0 Å². The first-order valence-electron chi connectivity index (χ1n) is 6.95. The SMILES string of the molecule is Cc1c(F)cc(C(N)=O)cc1NC(=O)CCC(C)CCN. The zero-order valence-electron chi connectivity index (χ0n) is 12.4. The molecule has 5 N–H and O–H groups in total. The van der Waals surface area contributed by atoms with E-state index in [9.17, 15) is 14.0 Å². The molecule has 1 unspecified atom stereocenters. The topological polar surface area (TPSA) is 98.2 Å². The van der Waals surface area contributed by atoms with Crippen molar-refractivity contribution in [3.63, 3.8) is 0 Å². The van der Waals surface area contributed by atoms with Crippen molar-refractivity contribution in [1.82, 2.24) is 0 Å². The molecule has 0 bridgehead atoms. The Morgan fingerprint density at radius 1 is 1.33 bits per heavy atom. The van der Waals surface area contributed by atoms with E-state index in [1.165, 1.54) is 13.0 Å². The smallest absolute Gasteiger partial charge is 0.248 e. The maximum atomic E-state index is 13.7. The van der Waals surface area contributed by atoms with Crippen LogP contribution in [-0.4, -0.2) is 18.4 Å². The van der Waals surface area contributed by atoms with Crippen molar-refractivity contribution in [3.8, 4) is 0 Å². The molecule has 0 aliphatic rings. The van der Waals surface area contributed by atoms with E-state index in [4.69, 9.17) is 11.5 Å². The summed E-state index contributed by atoms with van der Waals surface area (Å²) in [7, 11) is 0. The Kier molecular flexibility index (Phi) is 6.30. The predicted octanol–water partition coefficient (Wildman–Crippen LogP) is 1.94. The summed E-state index contributed by atoms with van der Waals surface area (Å²) in [6.45, 7) is 4.15. The Morgan fingerprint density at radius 3 is 2.57 bits per heavy atom. The molecule has 0 radical (unpaired) electrons. The zero-order chi connectivity index (χ0) is 16.0. The van der Waals surface area contributed by atoms with Crippen LogP contribution in [0.4, 0.5) is 10.1 Å². The number of nitrogens with two attached hydrogens (primary N) is 2. The molecule has 1 rings (SSSR count). The monoisotopic (exact) mass is 295 g/mol. The van der Waals surface area contributed by atoms with Crippen LogP contribution in [0, 0.1) is 18.7 Å². The van der Waals surface area contributed by atoms with E-state index in [0.717, 1.165) is 12.5 Å². The van der Waals surface area contributed by atoms with E-state index in [-0.39, 0.29) is 22.7 Å². The van der Waals surface area contributed by atoms with Gasteiger partial charge in [0.2, 0.25) is 11.8 Å². The number of primary amides is 1. The van der Waals surface area contributed by atoms with Crippen LogP contribution in [0.25, 0.3) is 0 Å². The van der Waals surface area contributed by atoms with Crippen LogP contribution in [0.5, 0.6) is 0 Å². The fourth-order valence-corrected chi connectivity index (χ4v) is 1.97. The lowest BCUT2D eigenvalue weighted by atomic mass is 10.0. The minimum atomic E-state index is -0.735. The summed E-state index contributed by atoms with van der Waals surface area (Å²) in [5.41, 5.74) is 11.2. The van der Waals surface area contributed by atoms with E-state index in [0.29, 0.717) is 25.3 Å². The number of hydrogen-bond donors (Lipinski definition) is 3. The number of carbonyl (C=O) groups excluding carboxylic acids is 2. The van der Waals surface area contributed by atoms with Gasteiger partial charge in [0, 0.05) is 23.2 Å². The molecule has 1 atom stereocenters. The van der Waals surface area contributed by atoms with Crippen molar-refractivity contribution < 1.29 is 14.0 Å². The third kappa shape index (κ3) is 5.15. The number of nitrogens with one attached hydrogen (secondary N) is 1. The third-order valence-corrected chi connectivity index (χ3v) is 3.43. The Morgan fingerprint density at radius 2 is 2.00 bits per heavy atom. The molecule has 6 heteroatoms. The molecule has 0 fully saturated rings. The molecule has 0 saturated heterocycles. The molecule has 0 saturated carbocycles. The predicted molar refractivity (Wildman–Crippen MR) is 80.4 cm³/mol. The van der Waals surface area contributed by atoms with E-state index >= 15 is 0 Å². The number of rotatable bonds is 7. The normalized spacial score (nSPS) is 12.0. The number of halogens is 1. The van der Waals surface area contributed by atoms with Crippen molar-refractivity contribution in [2.75, 3.05) is 11.9 Å². The number of anilines is 1. The summed E-state index contributed by atoms with van der Waals surface area (Å²) in [6.07, 6.45) is 1.89. The summed E-state index contributed by atoms with van der Waals surface area (Å²) in [5.74, 6) is -1.17. The number of hydrogen-bond acceptors (Lipinski definition) is 3. The second-order valence-corrected chi connectivity index (χ2v) is 5.26. The first kappa shape index (κ1) is 17.1. The fraction of sp³-hybridized carbons (Fsp3) is 0.467. The molecule has 2 amide bonds. The molecule has 1 aromatic rings. The second-order valence-electron chi connectivity index (χ2n) is 5.26. The second kappa shape index (κ2) is 7.73. The molecule has 1 aromatic carbocycles. The van der Waals surface area contributed by atoms with Crippen LogP contribution in [0.15, 0.2) is 12.1 Å². The van der Waals surface area contributed by atoms with E-state index in [2.05, 4.69) is 5.32 Å². The number of amides is 2. The van der Waals surface area contributed by atoms with Gasteiger partial charge < -0.3 is 16.8 Å². The summed E-state index contributed by atoms with van der Waals surface area (Å²) in [4.78, 5) is 23.0. The van der Waals surface area contributed by atoms with Crippen LogP contribution < -0.4 is 16.8 Å². The zero-order valence-corrected chi connectivity index (χ0v) is 12.4. The van der Waals surface area contributed by atoms with Crippen molar-refractivity contribution in [2.45, 2.75) is 33.1 Å². The molecule has 0 spiro atoms. The molecular formula is C15H22FN3O2.